The van der Waals surface area contributed by atoms with Crippen molar-refractivity contribution in [2.24, 2.45) is 11.1 Å². The Bertz CT molecular complexity index is 657. The molecule has 1 aliphatic carbocycles. The van der Waals surface area contributed by atoms with Gasteiger partial charge in [-0.05, 0) is 25.5 Å². The summed E-state index contributed by atoms with van der Waals surface area (Å²) in [6, 6.07) is 8.62. The lowest BCUT2D eigenvalue weighted by Gasteiger charge is -2.14. The minimum Gasteiger partial charge on any atom is -0.392 e. The summed E-state index contributed by atoms with van der Waals surface area (Å²) < 4.78 is 0. The average Bonchev–Trinajstić information content (AvgIpc) is 2.93. The van der Waals surface area contributed by atoms with Crippen LogP contribution in [-0.2, 0) is 9.63 Å². The number of nitrogens with zero attached hydrogens (tertiary/aromatic N) is 2. The molecule has 1 saturated carbocycles. The maximum atomic E-state index is 12.7. The number of nitrogens with one attached hydrogen (secondary N) is 1. The summed E-state index contributed by atoms with van der Waals surface area (Å²) in [7, 11) is 0. The van der Waals surface area contributed by atoms with Gasteiger partial charge in [-0.2, -0.15) is 0 Å². The molecule has 2 heterocycles. The second kappa shape index (κ2) is 4.07. The molecule has 2 fully saturated rings. The van der Waals surface area contributed by atoms with E-state index in [4.69, 9.17) is 4.84 Å². The average molecular weight is 285 g/mol. The van der Waals surface area contributed by atoms with Crippen molar-refractivity contribution < 1.29 is 14.4 Å². The van der Waals surface area contributed by atoms with Crippen LogP contribution in [0.5, 0.6) is 0 Å². The van der Waals surface area contributed by atoms with E-state index < -0.39 is 5.54 Å². The van der Waals surface area contributed by atoms with Gasteiger partial charge >= 0.3 is 6.03 Å². The van der Waals surface area contributed by atoms with Crippen LogP contribution in [0.1, 0.15) is 19.8 Å². The smallest absolute Gasteiger partial charge is 0.329 e. The number of benzene rings is 1. The molecule has 1 aromatic rings. The van der Waals surface area contributed by atoms with E-state index in [1.165, 1.54) is 4.90 Å². The minimum atomic E-state index is -0.794. The highest BCUT2D eigenvalue weighted by molar-refractivity contribution is 6.24. The molecule has 1 aromatic carbocycles. The lowest BCUT2D eigenvalue weighted by atomic mass is 10.1. The van der Waals surface area contributed by atoms with Gasteiger partial charge in [-0.25, -0.2) is 9.69 Å². The number of hydrogen-bond donors (Lipinski definition) is 1. The molecule has 4 rings (SSSR count). The Balaban J connectivity index is 1.58. The Morgan fingerprint density at radius 1 is 1.33 bits per heavy atom. The van der Waals surface area contributed by atoms with Gasteiger partial charge in [0.25, 0.3) is 5.91 Å². The number of hydrogen-bond acceptors (Lipinski definition) is 4. The van der Waals surface area contributed by atoms with Crippen molar-refractivity contribution in [2.75, 3.05) is 4.90 Å². The number of amides is 3. The third kappa shape index (κ3) is 1.68. The van der Waals surface area contributed by atoms with E-state index in [1.54, 1.807) is 12.1 Å². The molecule has 3 atom stereocenters. The highest BCUT2D eigenvalue weighted by Crippen LogP contribution is 2.52. The summed E-state index contributed by atoms with van der Waals surface area (Å²) in [5.74, 6) is -0.180. The monoisotopic (exact) mass is 285 g/mol. The summed E-state index contributed by atoms with van der Waals surface area (Å²) in [6.07, 6.45) is 1.24. The Labute approximate surface area is 121 Å². The van der Waals surface area contributed by atoms with Gasteiger partial charge in [-0.15, -0.1) is 0 Å². The Morgan fingerprint density at radius 3 is 2.76 bits per heavy atom. The summed E-state index contributed by atoms with van der Waals surface area (Å²) >= 11 is 0. The number of rotatable bonds is 2. The first kappa shape index (κ1) is 12.4. The standard InChI is InChI=1S/C15H15N3O3/c1-9-7-12(21-17-9)11-8-15(11)13(19)18(14(20)16-15)10-5-3-2-4-6-10/h2-6,11-12H,7-8H2,1H3,(H,16,20)/t11-,12+,15+/m1/s1. The zero-order valence-electron chi connectivity index (χ0n) is 11.6. The number of para-hydroxylation sites is 1. The van der Waals surface area contributed by atoms with Crippen molar-refractivity contribution >= 4 is 23.3 Å². The SMILES string of the molecule is CC1=NO[C@H]([C@H]2C[C@]23NC(=O)N(c2ccccc2)C3=O)C1. The maximum Gasteiger partial charge on any atom is 0.329 e. The molecule has 0 bridgehead atoms. The largest absolute Gasteiger partial charge is 0.392 e. The fraction of sp³-hybridized carbons (Fsp3) is 0.400. The van der Waals surface area contributed by atoms with Crippen LogP contribution in [0, 0.1) is 5.92 Å². The molecule has 1 N–H and O–H groups in total. The number of urea groups is 1. The molecule has 6 nitrogen and oxygen atoms in total. The summed E-state index contributed by atoms with van der Waals surface area (Å²) in [5, 5.41) is 6.78. The number of anilines is 1. The second-order valence-corrected chi connectivity index (χ2v) is 5.86. The van der Waals surface area contributed by atoms with Crippen LogP contribution in [0.4, 0.5) is 10.5 Å². The van der Waals surface area contributed by atoms with Gasteiger partial charge in [0.05, 0.1) is 11.4 Å². The number of oxime groups is 1. The molecule has 3 amide bonds. The molecule has 0 radical (unpaired) electrons. The summed E-state index contributed by atoms with van der Waals surface area (Å²) in [5.41, 5.74) is 0.735. The van der Waals surface area contributed by atoms with Crippen LogP contribution in [0.25, 0.3) is 0 Å². The van der Waals surface area contributed by atoms with Crippen molar-refractivity contribution in [2.45, 2.75) is 31.4 Å². The molecule has 3 aliphatic rings. The third-order valence-electron chi connectivity index (χ3n) is 4.44. The van der Waals surface area contributed by atoms with Crippen LogP contribution >= 0.6 is 0 Å². The van der Waals surface area contributed by atoms with Crippen LogP contribution in [0.2, 0.25) is 0 Å². The first-order valence-electron chi connectivity index (χ1n) is 7.03. The molecule has 1 spiro atoms. The lowest BCUT2D eigenvalue weighted by Crippen LogP contribution is -2.37. The van der Waals surface area contributed by atoms with E-state index in [2.05, 4.69) is 10.5 Å². The first-order chi connectivity index (χ1) is 10.1. The van der Waals surface area contributed by atoms with Gasteiger partial charge in [0.15, 0.2) is 0 Å². The fourth-order valence-corrected chi connectivity index (χ4v) is 3.27. The van der Waals surface area contributed by atoms with Crippen LogP contribution in [0.3, 0.4) is 0 Å². The van der Waals surface area contributed by atoms with Gasteiger partial charge in [-0.3, -0.25) is 4.79 Å². The molecule has 108 valence electrons. The van der Waals surface area contributed by atoms with E-state index >= 15 is 0 Å². The molecule has 1 saturated heterocycles. The zero-order chi connectivity index (χ0) is 14.6. The molecular weight excluding hydrogens is 270 g/mol. The Kier molecular flexibility index (Phi) is 2.40. The fourth-order valence-electron chi connectivity index (χ4n) is 3.27. The highest BCUT2D eigenvalue weighted by Gasteiger charge is 2.70. The summed E-state index contributed by atoms with van der Waals surface area (Å²) in [4.78, 5) is 31.5. The van der Waals surface area contributed by atoms with E-state index in [0.29, 0.717) is 12.1 Å². The number of carbonyl (C=O) groups is 2. The number of carbonyl (C=O) groups excluding carboxylic acids is 2. The summed E-state index contributed by atoms with van der Waals surface area (Å²) in [6.45, 7) is 1.90. The normalized spacial score (nSPS) is 34.0. The van der Waals surface area contributed by atoms with Crippen LogP contribution in [-0.4, -0.2) is 29.3 Å². The van der Waals surface area contributed by atoms with Crippen LogP contribution in [0.15, 0.2) is 35.5 Å². The zero-order valence-corrected chi connectivity index (χ0v) is 11.6. The molecular formula is C15H15N3O3. The van der Waals surface area contributed by atoms with Crippen LogP contribution < -0.4 is 10.2 Å². The van der Waals surface area contributed by atoms with Crippen molar-refractivity contribution in [3.05, 3.63) is 30.3 Å². The highest BCUT2D eigenvalue weighted by atomic mass is 16.6. The molecule has 21 heavy (non-hydrogen) atoms. The van der Waals surface area contributed by atoms with Gasteiger partial charge in [0.2, 0.25) is 0 Å². The van der Waals surface area contributed by atoms with Crippen molar-refractivity contribution in [1.82, 2.24) is 5.32 Å². The lowest BCUT2D eigenvalue weighted by molar-refractivity contribution is -0.120. The molecule has 0 aromatic heterocycles. The first-order valence-corrected chi connectivity index (χ1v) is 7.03. The van der Waals surface area contributed by atoms with Crippen molar-refractivity contribution in [3.8, 4) is 0 Å². The topological polar surface area (TPSA) is 71.0 Å². The van der Waals surface area contributed by atoms with E-state index in [-0.39, 0.29) is 24.0 Å². The predicted molar refractivity (Wildman–Crippen MR) is 75.9 cm³/mol. The Morgan fingerprint density at radius 2 is 2.10 bits per heavy atom. The maximum absolute atomic E-state index is 12.7. The predicted octanol–water partition coefficient (Wildman–Crippen LogP) is 1.67. The Hall–Kier alpha value is -2.37. The van der Waals surface area contributed by atoms with Crippen molar-refractivity contribution in [3.63, 3.8) is 0 Å². The molecule has 2 aliphatic heterocycles. The van der Waals surface area contributed by atoms with E-state index in [9.17, 15) is 9.59 Å². The van der Waals surface area contributed by atoms with Gasteiger partial charge in [-0.1, -0.05) is 23.4 Å². The van der Waals surface area contributed by atoms with E-state index in [0.717, 1.165) is 12.1 Å². The van der Waals surface area contributed by atoms with E-state index in [1.807, 2.05) is 25.1 Å². The second-order valence-electron chi connectivity index (χ2n) is 5.86. The quantitative estimate of drug-likeness (QED) is 0.840. The number of imide groups is 1. The van der Waals surface area contributed by atoms with Gasteiger partial charge < -0.3 is 10.2 Å². The van der Waals surface area contributed by atoms with Gasteiger partial charge in [0.1, 0.15) is 11.6 Å². The molecule has 6 heteroatoms. The molecule has 0 unspecified atom stereocenters. The third-order valence-corrected chi connectivity index (χ3v) is 4.44. The minimum absolute atomic E-state index is 0.00358. The van der Waals surface area contributed by atoms with Crippen molar-refractivity contribution in [1.29, 1.82) is 0 Å². The van der Waals surface area contributed by atoms with Gasteiger partial charge in [0, 0.05) is 12.3 Å².